The Morgan fingerprint density at radius 1 is 1.10 bits per heavy atom. The fraction of sp³-hybridized carbons (Fsp3) is 0.333. The Morgan fingerprint density at radius 3 is 2.67 bits per heavy atom. The lowest BCUT2D eigenvalue weighted by Gasteiger charge is -2.32. The number of nitrogens with two attached hydrogens (primary N) is 1. The second-order valence-corrected chi connectivity index (χ2v) is 5.54. The molecule has 110 valence electrons. The van der Waals surface area contributed by atoms with E-state index in [1.54, 1.807) is 0 Å². The quantitative estimate of drug-likeness (QED) is 0.655. The van der Waals surface area contributed by atoms with Crippen molar-refractivity contribution >= 4 is 0 Å². The molecule has 1 aliphatic heterocycles. The maximum atomic E-state index is 6.00. The third kappa shape index (κ3) is 3.32. The molecule has 2 aromatic carbocycles. The van der Waals surface area contributed by atoms with Gasteiger partial charge in [-0.25, -0.2) is 0 Å². The molecule has 3 nitrogen and oxygen atoms in total. The van der Waals surface area contributed by atoms with Gasteiger partial charge in [0, 0.05) is 0 Å². The Labute approximate surface area is 126 Å². The minimum atomic E-state index is 0.0451. The Bertz CT molecular complexity index is 570. The summed E-state index contributed by atoms with van der Waals surface area (Å²) in [4.78, 5) is 0. The molecular weight excluding hydrogens is 260 g/mol. The van der Waals surface area contributed by atoms with Crippen LogP contribution in [0.4, 0.5) is 0 Å². The van der Waals surface area contributed by atoms with Crippen molar-refractivity contribution in [2.45, 2.75) is 31.4 Å². The molecule has 0 saturated carbocycles. The van der Waals surface area contributed by atoms with Gasteiger partial charge in [0.05, 0.1) is 18.8 Å². The van der Waals surface area contributed by atoms with Gasteiger partial charge in [-0.3, -0.25) is 11.3 Å². The maximum Gasteiger partial charge on any atom is 0.0994 e. The highest BCUT2D eigenvalue weighted by Crippen LogP contribution is 2.31. The van der Waals surface area contributed by atoms with Crippen LogP contribution in [-0.4, -0.2) is 12.6 Å². The SMILES string of the molecule is NNC(CCc1ccccc1)C1OCCc2ccccc21. The molecule has 3 rings (SSSR count). The summed E-state index contributed by atoms with van der Waals surface area (Å²) in [6, 6.07) is 19.2. The average Bonchev–Trinajstić information content (AvgIpc) is 2.56. The van der Waals surface area contributed by atoms with Gasteiger partial charge in [-0.1, -0.05) is 54.6 Å². The summed E-state index contributed by atoms with van der Waals surface area (Å²) in [6.07, 6.45) is 2.99. The van der Waals surface area contributed by atoms with E-state index in [4.69, 9.17) is 10.6 Å². The van der Waals surface area contributed by atoms with Gasteiger partial charge in [-0.2, -0.15) is 0 Å². The number of rotatable bonds is 5. The van der Waals surface area contributed by atoms with Crippen LogP contribution in [0.5, 0.6) is 0 Å². The van der Waals surface area contributed by atoms with Crippen LogP contribution in [-0.2, 0) is 17.6 Å². The second kappa shape index (κ2) is 6.85. The molecule has 0 saturated heterocycles. The van der Waals surface area contributed by atoms with Gasteiger partial charge in [0.2, 0.25) is 0 Å². The number of aryl methyl sites for hydroxylation is 1. The van der Waals surface area contributed by atoms with Crippen LogP contribution in [0.15, 0.2) is 54.6 Å². The van der Waals surface area contributed by atoms with Gasteiger partial charge in [0.25, 0.3) is 0 Å². The van der Waals surface area contributed by atoms with Crippen LogP contribution in [0, 0.1) is 0 Å². The minimum absolute atomic E-state index is 0.0451. The van der Waals surface area contributed by atoms with Crippen LogP contribution < -0.4 is 11.3 Å². The van der Waals surface area contributed by atoms with E-state index in [2.05, 4.69) is 54.0 Å². The summed E-state index contributed by atoms with van der Waals surface area (Å²) in [6.45, 7) is 0.769. The number of hydrogen-bond donors (Lipinski definition) is 2. The molecular formula is C18H22N2O. The lowest BCUT2D eigenvalue weighted by molar-refractivity contribution is 0.0133. The van der Waals surface area contributed by atoms with E-state index >= 15 is 0 Å². The zero-order valence-corrected chi connectivity index (χ0v) is 12.2. The first kappa shape index (κ1) is 14.3. The van der Waals surface area contributed by atoms with Crippen LogP contribution >= 0.6 is 0 Å². The molecule has 21 heavy (non-hydrogen) atoms. The molecule has 2 aromatic rings. The number of nitrogens with one attached hydrogen (secondary N) is 1. The van der Waals surface area contributed by atoms with E-state index in [0.717, 1.165) is 25.9 Å². The van der Waals surface area contributed by atoms with E-state index in [9.17, 15) is 0 Å². The van der Waals surface area contributed by atoms with Gasteiger partial charge in [0.15, 0.2) is 0 Å². The summed E-state index contributed by atoms with van der Waals surface area (Å²) in [5, 5.41) is 0. The van der Waals surface area contributed by atoms with Crippen molar-refractivity contribution < 1.29 is 4.74 Å². The monoisotopic (exact) mass is 282 g/mol. The van der Waals surface area contributed by atoms with Gasteiger partial charge in [-0.05, 0) is 36.0 Å². The van der Waals surface area contributed by atoms with Crippen molar-refractivity contribution in [2.24, 2.45) is 5.84 Å². The van der Waals surface area contributed by atoms with Crippen LogP contribution in [0.25, 0.3) is 0 Å². The Kier molecular flexibility index (Phi) is 4.65. The minimum Gasteiger partial charge on any atom is -0.371 e. The Hall–Kier alpha value is -1.68. The van der Waals surface area contributed by atoms with Crippen LogP contribution in [0.2, 0.25) is 0 Å². The van der Waals surface area contributed by atoms with Crippen molar-refractivity contribution in [3.8, 4) is 0 Å². The largest absolute Gasteiger partial charge is 0.371 e. The molecule has 1 heterocycles. The van der Waals surface area contributed by atoms with Crippen LogP contribution in [0.3, 0.4) is 0 Å². The first-order chi connectivity index (χ1) is 10.4. The molecule has 0 amide bonds. The van der Waals surface area contributed by atoms with Gasteiger partial charge >= 0.3 is 0 Å². The predicted octanol–water partition coefficient (Wildman–Crippen LogP) is 2.77. The fourth-order valence-corrected chi connectivity index (χ4v) is 3.05. The normalized spacial score (nSPS) is 19.0. The highest BCUT2D eigenvalue weighted by molar-refractivity contribution is 5.32. The molecule has 0 radical (unpaired) electrons. The molecule has 0 aromatic heterocycles. The molecule has 0 bridgehead atoms. The second-order valence-electron chi connectivity index (χ2n) is 5.54. The topological polar surface area (TPSA) is 47.3 Å². The van der Waals surface area contributed by atoms with E-state index in [0.29, 0.717) is 0 Å². The number of fused-ring (bicyclic) bond motifs is 1. The van der Waals surface area contributed by atoms with Crippen molar-refractivity contribution in [3.63, 3.8) is 0 Å². The highest BCUT2D eigenvalue weighted by Gasteiger charge is 2.27. The lowest BCUT2D eigenvalue weighted by Crippen LogP contribution is -2.42. The van der Waals surface area contributed by atoms with Crippen molar-refractivity contribution in [2.75, 3.05) is 6.61 Å². The summed E-state index contributed by atoms with van der Waals surface area (Å²) in [7, 11) is 0. The Morgan fingerprint density at radius 2 is 1.86 bits per heavy atom. The summed E-state index contributed by atoms with van der Waals surface area (Å²) in [5.41, 5.74) is 6.95. The van der Waals surface area contributed by atoms with E-state index in [1.165, 1.54) is 16.7 Å². The zero-order chi connectivity index (χ0) is 14.5. The zero-order valence-electron chi connectivity index (χ0n) is 12.2. The number of ether oxygens (including phenoxy) is 1. The third-order valence-electron chi connectivity index (χ3n) is 4.20. The summed E-state index contributed by atoms with van der Waals surface area (Å²) < 4.78 is 6.00. The standard InChI is InChI=1S/C18H22N2O/c19-20-17(11-10-14-6-2-1-3-7-14)18-16-9-5-4-8-15(16)12-13-21-18/h1-9,17-18,20H,10-13,19H2. The molecule has 0 fully saturated rings. The molecule has 3 heteroatoms. The van der Waals surface area contributed by atoms with Crippen molar-refractivity contribution in [3.05, 3.63) is 71.3 Å². The van der Waals surface area contributed by atoms with Gasteiger partial charge in [0.1, 0.15) is 0 Å². The van der Waals surface area contributed by atoms with Crippen LogP contribution in [0.1, 0.15) is 29.2 Å². The summed E-state index contributed by atoms with van der Waals surface area (Å²) in [5.74, 6) is 5.79. The Balaban J connectivity index is 1.72. The van der Waals surface area contributed by atoms with E-state index < -0.39 is 0 Å². The highest BCUT2D eigenvalue weighted by atomic mass is 16.5. The maximum absolute atomic E-state index is 6.00. The molecule has 0 spiro atoms. The lowest BCUT2D eigenvalue weighted by atomic mass is 9.91. The summed E-state index contributed by atoms with van der Waals surface area (Å²) >= 11 is 0. The van der Waals surface area contributed by atoms with Gasteiger partial charge in [-0.15, -0.1) is 0 Å². The molecule has 3 N–H and O–H groups in total. The number of hydrogen-bond acceptors (Lipinski definition) is 3. The van der Waals surface area contributed by atoms with Gasteiger partial charge < -0.3 is 4.74 Å². The molecule has 0 aliphatic carbocycles. The van der Waals surface area contributed by atoms with Crippen molar-refractivity contribution in [1.29, 1.82) is 0 Å². The molecule has 2 unspecified atom stereocenters. The fourth-order valence-electron chi connectivity index (χ4n) is 3.05. The first-order valence-corrected chi connectivity index (χ1v) is 7.58. The number of benzene rings is 2. The van der Waals surface area contributed by atoms with Crippen molar-refractivity contribution in [1.82, 2.24) is 5.43 Å². The molecule has 2 atom stereocenters. The smallest absolute Gasteiger partial charge is 0.0994 e. The average molecular weight is 282 g/mol. The van der Waals surface area contributed by atoms with E-state index in [1.807, 2.05) is 6.07 Å². The third-order valence-corrected chi connectivity index (χ3v) is 4.20. The predicted molar refractivity (Wildman–Crippen MR) is 84.7 cm³/mol. The van der Waals surface area contributed by atoms with E-state index in [-0.39, 0.29) is 12.1 Å². The first-order valence-electron chi connectivity index (χ1n) is 7.58. The number of hydrazine groups is 1. The molecule has 1 aliphatic rings.